The van der Waals surface area contributed by atoms with Crippen molar-refractivity contribution in [1.29, 1.82) is 0 Å². The second kappa shape index (κ2) is 5.04. The zero-order valence-corrected chi connectivity index (χ0v) is 8.41. The highest BCUT2D eigenvalue weighted by molar-refractivity contribution is 5.68. The fourth-order valence-electron chi connectivity index (χ4n) is 1.40. The minimum atomic E-state index is -2.10. The molecule has 0 unspecified atom stereocenters. The molecular weight excluding hydrogens is 222 g/mol. The molecule has 0 aliphatic carbocycles. The Morgan fingerprint density at radius 3 is 2.62 bits per heavy atom. The van der Waals surface area contributed by atoms with Gasteiger partial charge in [0.05, 0.1) is 19.7 Å². The highest BCUT2D eigenvalue weighted by Gasteiger charge is 2.48. The van der Waals surface area contributed by atoms with Gasteiger partial charge in [-0.1, -0.05) is 0 Å². The van der Waals surface area contributed by atoms with E-state index < -0.39 is 36.6 Å². The molecule has 1 aliphatic heterocycles. The van der Waals surface area contributed by atoms with Crippen molar-refractivity contribution in [3.63, 3.8) is 0 Å². The first-order chi connectivity index (χ1) is 7.37. The standard InChI is InChI=1S/C8H15NO7/c10-4-2-16-8(15,7(14)6(4)13)3-9-1-5(11)12/h4,6-7,9-10,13-15H,1-3H2,(H,11,12)/t4-,6+,7+,8-/m1/s1. The molecule has 0 aromatic heterocycles. The van der Waals surface area contributed by atoms with Gasteiger partial charge >= 0.3 is 5.97 Å². The van der Waals surface area contributed by atoms with Crippen molar-refractivity contribution < 1.29 is 35.1 Å². The van der Waals surface area contributed by atoms with Crippen LogP contribution in [0.1, 0.15) is 0 Å². The monoisotopic (exact) mass is 237 g/mol. The number of carboxylic acid groups (broad SMARTS) is 1. The molecule has 6 N–H and O–H groups in total. The number of ether oxygens (including phenoxy) is 1. The third-order valence-corrected chi connectivity index (χ3v) is 2.34. The average Bonchev–Trinajstić information content (AvgIpc) is 2.21. The molecule has 0 aromatic carbocycles. The normalized spacial score (nSPS) is 39.6. The maximum atomic E-state index is 10.2. The Hall–Kier alpha value is -0.770. The highest BCUT2D eigenvalue weighted by Crippen LogP contribution is 2.23. The molecule has 0 radical (unpaired) electrons. The van der Waals surface area contributed by atoms with Crippen LogP contribution in [0, 0.1) is 0 Å². The summed E-state index contributed by atoms with van der Waals surface area (Å²) in [6, 6.07) is 0. The first kappa shape index (κ1) is 13.3. The van der Waals surface area contributed by atoms with Crippen molar-refractivity contribution in [1.82, 2.24) is 5.32 Å². The highest BCUT2D eigenvalue weighted by atomic mass is 16.6. The summed E-state index contributed by atoms with van der Waals surface area (Å²) in [5, 5.41) is 48.3. The second-order valence-corrected chi connectivity index (χ2v) is 3.66. The van der Waals surface area contributed by atoms with Gasteiger partial charge in [-0.25, -0.2) is 0 Å². The lowest BCUT2D eigenvalue weighted by Crippen LogP contribution is -2.64. The van der Waals surface area contributed by atoms with E-state index in [0.717, 1.165) is 0 Å². The van der Waals surface area contributed by atoms with Crippen LogP contribution < -0.4 is 5.32 Å². The topological polar surface area (TPSA) is 139 Å². The second-order valence-electron chi connectivity index (χ2n) is 3.66. The molecule has 0 bridgehead atoms. The lowest BCUT2D eigenvalue weighted by molar-refractivity contribution is -0.317. The summed E-state index contributed by atoms with van der Waals surface area (Å²) in [6.07, 6.45) is -4.53. The molecule has 0 aromatic rings. The minimum Gasteiger partial charge on any atom is -0.480 e. The molecule has 1 aliphatic rings. The molecule has 0 spiro atoms. The Bertz CT molecular complexity index is 261. The van der Waals surface area contributed by atoms with Crippen molar-refractivity contribution in [3.05, 3.63) is 0 Å². The SMILES string of the molecule is O=C(O)CNC[C@@]1(O)OC[C@@H](O)[C@H](O)[C@@H]1O. The Kier molecular flexibility index (Phi) is 4.19. The molecule has 16 heavy (non-hydrogen) atoms. The number of rotatable bonds is 4. The van der Waals surface area contributed by atoms with Crippen LogP contribution in [-0.4, -0.2) is 75.3 Å². The molecule has 8 nitrogen and oxygen atoms in total. The van der Waals surface area contributed by atoms with Gasteiger partial charge in [-0.15, -0.1) is 0 Å². The van der Waals surface area contributed by atoms with Crippen LogP contribution in [-0.2, 0) is 9.53 Å². The van der Waals surface area contributed by atoms with Crippen LogP contribution in [0.4, 0.5) is 0 Å². The summed E-state index contributed by atoms with van der Waals surface area (Å²) < 4.78 is 4.78. The smallest absolute Gasteiger partial charge is 0.317 e. The molecule has 1 saturated heterocycles. The van der Waals surface area contributed by atoms with Crippen LogP contribution >= 0.6 is 0 Å². The number of aliphatic carboxylic acids is 1. The van der Waals surface area contributed by atoms with Gasteiger partial charge in [0.1, 0.15) is 18.3 Å². The van der Waals surface area contributed by atoms with E-state index in [9.17, 15) is 20.1 Å². The van der Waals surface area contributed by atoms with Crippen molar-refractivity contribution in [3.8, 4) is 0 Å². The number of carbonyl (C=O) groups is 1. The summed E-state index contributed by atoms with van der Waals surface area (Å²) in [6.45, 7) is -1.13. The predicted octanol–water partition coefficient (Wildman–Crippen LogP) is -3.54. The fraction of sp³-hybridized carbons (Fsp3) is 0.875. The maximum Gasteiger partial charge on any atom is 0.317 e. The molecule has 0 amide bonds. The number of hydrogen-bond acceptors (Lipinski definition) is 7. The quantitative estimate of drug-likeness (QED) is 0.295. The van der Waals surface area contributed by atoms with Crippen LogP contribution in [0.25, 0.3) is 0 Å². The Balaban J connectivity index is 2.52. The van der Waals surface area contributed by atoms with Crippen molar-refractivity contribution in [2.45, 2.75) is 24.1 Å². The lowest BCUT2D eigenvalue weighted by Gasteiger charge is -2.41. The van der Waals surface area contributed by atoms with E-state index in [1.165, 1.54) is 0 Å². The molecule has 1 fully saturated rings. The average molecular weight is 237 g/mol. The largest absolute Gasteiger partial charge is 0.480 e. The van der Waals surface area contributed by atoms with Crippen LogP contribution in [0.3, 0.4) is 0 Å². The third kappa shape index (κ3) is 2.88. The Morgan fingerprint density at radius 1 is 1.44 bits per heavy atom. The number of nitrogens with one attached hydrogen (secondary N) is 1. The summed E-state index contributed by atoms with van der Waals surface area (Å²) >= 11 is 0. The van der Waals surface area contributed by atoms with Gasteiger partial charge < -0.3 is 35.6 Å². The molecular formula is C8H15NO7. The summed E-state index contributed by atoms with van der Waals surface area (Å²) in [7, 11) is 0. The van der Waals surface area contributed by atoms with Crippen molar-refractivity contribution >= 4 is 5.97 Å². The van der Waals surface area contributed by atoms with Crippen molar-refractivity contribution in [2.75, 3.05) is 19.7 Å². The molecule has 94 valence electrons. The molecule has 1 heterocycles. The zero-order valence-electron chi connectivity index (χ0n) is 8.41. The first-order valence-corrected chi connectivity index (χ1v) is 4.70. The lowest BCUT2D eigenvalue weighted by atomic mass is 9.97. The summed E-state index contributed by atoms with van der Waals surface area (Å²) in [5.74, 6) is -3.23. The van der Waals surface area contributed by atoms with E-state index in [-0.39, 0.29) is 13.2 Å². The van der Waals surface area contributed by atoms with E-state index in [0.29, 0.717) is 0 Å². The molecule has 0 saturated carbocycles. The third-order valence-electron chi connectivity index (χ3n) is 2.34. The Morgan fingerprint density at radius 2 is 2.06 bits per heavy atom. The minimum absolute atomic E-state index is 0.344. The van der Waals surface area contributed by atoms with Gasteiger partial charge in [0.15, 0.2) is 0 Å². The van der Waals surface area contributed by atoms with Gasteiger partial charge in [-0.2, -0.15) is 0 Å². The maximum absolute atomic E-state index is 10.2. The zero-order chi connectivity index (χ0) is 12.3. The first-order valence-electron chi connectivity index (χ1n) is 4.70. The van der Waals surface area contributed by atoms with Gasteiger partial charge in [-0.05, 0) is 0 Å². The van der Waals surface area contributed by atoms with E-state index in [2.05, 4.69) is 5.32 Å². The van der Waals surface area contributed by atoms with Crippen LogP contribution in [0.15, 0.2) is 0 Å². The molecule has 1 rings (SSSR count). The van der Waals surface area contributed by atoms with Gasteiger partial charge in [0, 0.05) is 0 Å². The van der Waals surface area contributed by atoms with E-state index >= 15 is 0 Å². The number of hydrogen-bond donors (Lipinski definition) is 6. The summed E-state index contributed by atoms with van der Waals surface area (Å²) in [4.78, 5) is 10.2. The molecule has 4 atom stereocenters. The van der Waals surface area contributed by atoms with E-state index in [1.54, 1.807) is 0 Å². The fourth-order valence-corrected chi connectivity index (χ4v) is 1.40. The van der Waals surface area contributed by atoms with E-state index in [1.807, 2.05) is 0 Å². The van der Waals surface area contributed by atoms with Crippen molar-refractivity contribution in [2.24, 2.45) is 0 Å². The van der Waals surface area contributed by atoms with Crippen LogP contribution in [0.5, 0.6) is 0 Å². The van der Waals surface area contributed by atoms with Gasteiger partial charge in [0.2, 0.25) is 5.79 Å². The number of aliphatic hydroxyl groups excluding tert-OH is 3. The van der Waals surface area contributed by atoms with E-state index in [4.69, 9.17) is 14.9 Å². The van der Waals surface area contributed by atoms with Crippen LogP contribution in [0.2, 0.25) is 0 Å². The Labute approximate surface area is 91.1 Å². The number of carboxylic acids is 1. The van der Waals surface area contributed by atoms with Gasteiger partial charge in [-0.3, -0.25) is 4.79 Å². The number of aliphatic hydroxyl groups is 4. The summed E-state index contributed by atoms with van der Waals surface area (Å²) in [5.41, 5.74) is 0. The molecule has 8 heteroatoms. The predicted molar refractivity (Wildman–Crippen MR) is 49.4 cm³/mol. The van der Waals surface area contributed by atoms with Gasteiger partial charge in [0.25, 0.3) is 0 Å².